The summed E-state index contributed by atoms with van der Waals surface area (Å²) in [5.74, 6) is 0.555. The molecule has 1 aliphatic heterocycles. The monoisotopic (exact) mass is 243 g/mol. The second kappa shape index (κ2) is 4.55. The maximum Gasteiger partial charge on any atom is 0.152 e. The van der Waals surface area contributed by atoms with Crippen molar-refractivity contribution in [3.05, 3.63) is 18.2 Å². The van der Waals surface area contributed by atoms with Gasteiger partial charge in [-0.3, -0.25) is 0 Å². The molecule has 5 nitrogen and oxygen atoms in total. The Hall–Kier alpha value is -0.880. The zero-order valence-corrected chi connectivity index (χ0v) is 10.2. The van der Waals surface area contributed by atoms with Crippen molar-refractivity contribution in [2.24, 2.45) is 0 Å². The Morgan fingerprint density at radius 2 is 2.44 bits per heavy atom. The number of nitrogens with one attached hydrogen (secondary N) is 1. The minimum atomic E-state index is -2.83. The van der Waals surface area contributed by atoms with Crippen LogP contribution in [-0.2, 0) is 16.4 Å². The van der Waals surface area contributed by atoms with Gasteiger partial charge in [-0.2, -0.15) is 0 Å². The molecule has 6 heteroatoms. The van der Waals surface area contributed by atoms with Gasteiger partial charge in [0, 0.05) is 18.8 Å². The van der Waals surface area contributed by atoms with Crippen LogP contribution in [0, 0.1) is 0 Å². The van der Waals surface area contributed by atoms with E-state index in [9.17, 15) is 8.42 Å². The number of hydrogen-bond acceptors (Lipinski definition) is 4. The molecule has 0 bridgehead atoms. The molecule has 0 saturated carbocycles. The predicted octanol–water partition coefficient (Wildman–Crippen LogP) is 0.352. The van der Waals surface area contributed by atoms with Crippen LogP contribution in [0.3, 0.4) is 0 Å². The molecule has 0 aliphatic carbocycles. The number of nitrogens with zero attached hydrogens (tertiary/aromatic N) is 2. The van der Waals surface area contributed by atoms with E-state index in [1.165, 1.54) is 0 Å². The van der Waals surface area contributed by atoms with Gasteiger partial charge in [-0.1, -0.05) is 6.92 Å². The molecule has 1 saturated heterocycles. The lowest BCUT2D eigenvalue weighted by atomic mass is 10.2. The van der Waals surface area contributed by atoms with Crippen molar-refractivity contribution in [1.29, 1.82) is 0 Å². The van der Waals surface area contributed by atoms with Gasteiger partial charge in [-0.25, -0.2) is 13.4 Å². The van der Waals surface area contributed by atoms with Crippen LogP contribution in [0.5, 0.6) is 0 Å². The average molecular weight is 243 g/mol. The molecule has 0 spiro atoms. The summed E-state index contributed by atoms with van der Waals surface area (Å²) in [4.78, 5) is 4.10. The fourth-order valence-electron chi connectivity index (χ4n) is 2.05. The van der Waals surface area contributed by atoms with Crippen LogP contribution in [0.2, 0.25) is 0 Å². The molecule has 2 rings (SSSR count). The Morgan fingerprint density at radius 1 is 1.62 bits per heavy atom. The highest BCUT2D eigenvalue weighted by Gasteiger charge is 2.29. The summed E-state index contributed by atoms with van der Waals surface area (Å²) in [6.45, 7) is 3.68. The minimum Gasteiger partial charge on any atom is -0.329 e. The molecule has 1 aliphatic rings. The number of imidazole rings is 1. The molecule has 0 radical (unpaired) electrons. The smallest absolute Gasteiger partial charge is 0.152 e. The summed E-state index contributed by atoms with van der Waals surface area (Å²) >= 11 is 0. The Kier molecular flexibility index (Phi) is 3.30. The van der Waals surface area contributed by atoms with E-state index in [1.807, 2.05) is 11.5 Å². The standard InChI is InChI=1S/C10H17N3O2S/c1-2-11-5-10-6-12-8-13(10)9-3-4-16(14,15)7-9/h6,8-9,11H,2-5,7H2,1H3. The second-order valence-electron chi connectivity index (χ2n) is 4.13. The molecule has 1 aromatic rings. The summed E-state index contributed by atoms with van der Waals surface area (Å²) in [5, 5.41) is 3.22. The zero-order chi connectivity index (χ0) is 11.6. The maximum atomic E-state index is 11.4. The fraction of sp³-hybridized carbons (Fsp3) is 0.700. The molecule has 0 amide bonds. The van der Waals surface area contributed by atoms with Gasteiger partial charge in [0.05, 0.1) is 23.5 Å². The van der Waals surface area contributed by atoms with Gasteiger partial charge < -0.3 is 9.88 Å². The first kappa shape index (κ1) is 11.6. The first-order valence-corrected chi connectivity index (χ1v) is 7.36. The normalized spacial score (nSPS) is 23.7. The van der Waals surface area contributed by atoms with Crippen molar-refractivity contribution in [3.63, 3.8) is 0 Å². The summed E-state index contributed by atoms with van der Waals surface area (Å²) in [5.41, 5.74) is 1.06. The Balaban J connectivity index is 2.12. The molecule has 90 valence electrons. The zero-order valence-electron chi connectivity index (χ0n) is 9.39. The first-order chi connectivity index (χ1) is 7.62. The van der Waals surface area contributed by atoms with Crippen LogP contribution in [0.15, 0.2) is 12.5 Å². The van der Waals surface area contributed by atoms with Gasteiger partial charge in [0.15, 0.2) is 9.84 Å². The van der Waals surface area contributed by atoms with Gasteiger partial charge >= 0.3 is 0 Å². The van der Waals surface area contributed by atoms with Crippen LogP contribution < -0.4 is 5.32 Å². The molecule has 0 aromatic carbocycles. The van der Waals surface area contributed by atoms with Crippen molar-refractivity contribution < 1.29 is 8.42 Å². The lowest BCUT2D eigenvalue weighted by molar-refractivity contribution is 0.523. The lowest BCUT2D eigenvalue weighted by Gasteiger charge is -2.13. The van der Waals surface area contributed by atoms with E-state index in [0.717, 1.165) is 18.8 Å². The topological polar surface area (TPSA) is 64.0 Å². The molecule has 2 heterocycles. The van der Waals surface area contributed by atoms with E-state index in [-0.39, 0.29) is 11.8 Å². The van der Waals surface area contributed by atoms with Gasteiger partial charge in [-0.15, -0.1) is 0 Å². The van der Waals surface area contributed by atoms with E-state index in [4.69, 9.17) is 0 Å². The number of hydrogen-bond donors (Lipinski definition) is 1. The van der Waals surface area contributed by atoms with E-state index in [2.05, 4.69) is 10.3 Å². The Morgan fingerprint density at radius 3 is 3.06 bits per heavy atom. The Bertz CT molecular complexity index is 452. The molecule has 16 heavy (non-hydrogen) atoms. The van der Waals surface area contributed by atoms with Crippen molar-refractivity contribution >= 4 is 9.84 Å². The quantitative estimate of drug-likeness (QED) is 0.829. The molecular weight excluding hydrogens is 226 g/mol. The van der Waals surface area contributed by atoms with Crippen LogP contribution in [0.1, 0.15) is 25.1 Å². The van der Waals surface area contributed by atoms with Crippen LogP contribution in [0.4, 0.5) is 0 Å². The van der Waals surface area contributed by atoms with Crippen molar-refractivity contribution in [2.75, 3.05) is 18.1 Å². The summed E-state index contributed by atoms with van der Waals surface area (Å²) < 4.78 is 24.8. The van der Waals surface area contributed by atoms with Gasteiger partial charge in [0.1, 0.15) is 0 Å². The van der Waals surface area contributed by atoms with E-state index >= 15 is 0 Å². The summed E-state index contributed by atoms with van der Waals surface area (Å²) in [6.07, 6.45) is 4.24. The highest BCUT2D eigenvalue weighted by Crippen LogP contribution is 2.24. The van der Waals surface area contributed by atoms with Crippen LogP contribution in [0.25, 0.3) is 0 Å². The average Bonchev–Trinajstić information content (AvgIpc) is 2.81. The SMILES string of the molecule is CCNCc1cncn1C1CCS(=O)(=O)C1. The van der Waals surface area contributed by atoms with Crippen molar-refractivity contribution in [3.8, 4) is 0 Å². The molecular formula is C10H17N3O2S. The first-order valence-electron chi connectivity index (χ1n) is 5.54. The van der Waals surface area contributed by atoms with Gasteiger partial charge in [-0.05, 0) is 13.0 Å². The van der Waals surface area contributed by atoms with Crippen molar-refractivity contribution in [2.45, 2.75) is 25.9 Å². The molecule has 1 fully saturated rings. The highest BCUT2D eigenvalue weighted by molar-refractivity contribution is 7.91. The predicted molar refractivity (Wildman–Crippen MR) is 61.9 cm³/mol. The van der Waals surface area contributed by atoms with E-state index in [1.54, 1.807) is 12.5 Å². The highest BCUT2D eigenvalue weighted by atomic mass is 32.2. The lowest BCUT2D eigenvalue weighted by Crippen LogP contribution is -2.18. The third kappa shape index (κ3) is 2.44. The third-order valence-electron chi connectivity index (χ3n) is 2.90. The third-order valence-corrected chi connectivity index (χ3v) is 4.65. The van der Waals surface area contributed by atoms with E-state index < -0.39 is 9.84 Å². The molecule has 1 atom stereocenters. The summed E-state index contributed by atoms with van der Waals surface area (Å²) in [7, 11) is -2.83. The largest absolute Gasteiger partial charge is 0.329 e. The van der Waals surface area contributed by atoms with Crippen molar-refractivity contribution in [1.82, 2.24) is 14.9 Å². The van der Waals surface area contributed by atoms with E-state index in [0.29, 0.717) is 12.2 Å². The molecule has 1 unspecified atom stereocenters. The number of aromatic nitrogens is 2. The fourth-order valence-corrected chi connectivity index (χ4v) is 3.76. The number of rotatable bonds is 4. The van der Waals surface area contributed by atoms with Gasteiger partial charge in [0.25, 0.3) is 0 Å². The Labute approximate surface area is 95.8 Å². The van der Waals surface area contributed by atoms with Gasteiger partial charge in [0.2, 0.25) is 0 Å². The summed E-state index contributed by atoms with van der Waals surface area (Å²) in [6, 6.07) is 0.0705. The molecule has 1 aromatic heterocycles. The number of sulfone groups is 1. The van der Waals surface area contributed by atoms with Crippen LogP contribution in [-0.4, -0.2) is 36.0 Å². The second-order valence-corrected chi connectivity index (χ2v) is 6.36. The maximum absolute atomic E-state index is 11.4. The molecule has 1 N–H and O–H groups in total. The van der Waals surface area contributed by atoms with Crippen LogP contribution >= 0.6 is 0 Å². The minimum absolute atomic E-state index is 0.0705.